The predicted molar refractivity (Wildman–Crippen MR) is 460 cm³/mol. The van der Waals surface area contributed by atoms with E-state index in [0.29, 0.717) is 91.0 Å². The lowest BCUT2D eigenvalue weighted by atomic mass is 9.84. The number of nitrogens with zero attached hydrogens (tertiary/aromatic N) is 5. The second-order valence-electron chi connectivity index (χ2n) is 35.4. The Kier molecular flexibility index (Phi) is 36.8. The molecule has 0 radical (unpaired) electrons. The van der Waals surface area contributed by atoms with Gasteiger partial charge in [0.15, 0.2) is 12.1 Å². The minimum atomic E-state index is -2.59. The first kappa shape index (κ1) is 104. The van der Waals surface area contributed by atoms with Gasteiger partial charge in [0.25, 0.3) is 11.8 Å². The summed E-state index contributed by atoms with van der Waals surface area (Å²) in [6.45, 7) is 28.7. The molecule has 0 aromatic heterocycles. The van der Waals surface area contributed by atoms with E-state index in [9.17, 15) is 101 Å². The second kappa shape index (κ2) is 45.5. The van der Waals surface area contributed by atoms with Crippen LogP contribution in [0.1, 0.15) is 137 Å². The molecule has 694 valence electrons. The molecule has 129 heavy (non-hydrogen) atoms. The van der Waals surface area contributed by atoms with Crippen molar-refractivity contribution in [2.75, 3.05) is 58.7 Å². The van der Waals surface area contributed by atoms with Crippen molar-refractivity contribution in [3.63, 3.8) is 0 Å². The van der Waals surface area contributed by atoms with Crippen LogP contribution in [0.25, 0.3) is 12.2 Å². The number of cyclic esters (lactones) is 3. The number of amides is 4. The van der Waals surface area contributed by atoms with E-state index in [2.05, 4.69) is 64.4 Å². The van der Waals surface area contributed by atoms with Crippen LogP contribution in [0.15, 0.2) is 194 Å². The van der Waals surface area contributed by atoms with E-state index in [1.165, 1.54) is 24.3 Å². The lowest BCUT2D eigenvalue weighted by molar-refractivity contribution is -0.151. The Bertz CT molecular complexity index is 5290. The fraction of sp³-hybridized carbons (Fsp3) is 0.375. The molecule has 5 aliphatic heterocycles. The van der Waals surface area contributed by atoms with Gasteiger partial charge in [0, 0.05) is 102 Å². The first-order valence-corrected chi connectivity index (χ1v) is 44.8. The highest BCUT2D eigenvalue weighted by Gasteiger charge is 2.61. The Morgan fingerprint density at radius 2 is 0.845 bits per heavy atom. The molecule has 0 bridgehead atoms. The van der Waals surface area contributed by atoms with Gasteiger partial charge in [0.05, 0.1) is 38.7 Å². The Morgan fingerprint density at radius 3 is 1.19 bits per heavy atom. The fourth-order valence-corrected chi connectivity index (χ4v) is 16.3. The number of carbonyl (C=O) groups excluding carboxylic acids is 6. The van der Waals surface area contributed by atoms with Crippen LogP contribution in [-0.2, 0) is 57.4 Å². The molecule has 8 aromatic rings. The Balaban J connectivity index is 0.000000214. The molecule has 4 amide bonds. The highest BCUT2D eigenvalue weighted by molar-refractivity contribution is 6.76. The maximum absolute atomic E-state index is 16.8. The van der Waals surface area contributed by atoms with Crippen molar-refractivity contribution >= 4 is 68.4 Å². The number of rotatable bonds is 18. The van der Waals surface area contributed by atoms with Gasteiger partial charge in [-0.15, -0.1) is 0 Å². The Hall–Kier alpha value is -11.7. The van der Waals surface area contributed by atoms with E-state index in [-0.39, 0.29) is 73.2 Å². The quantitative estimate of drug-likeness (QED) is 0.0204. The molecule has 0 saturated carbocycles. The number of aliphatic carboxylic acids is 2. The Labute approximate surface area is 741 Å². The molecule has 5 fully saturated rings. The number of hydrogen-bond donors (Lipinski definition) is 2. The summed E-state index contributed by atoms with van der Waals surface area (Å²) < 4.78 is 205. The summed E-state index contributed by atoms with van der Waals surface area (Å²) in [7, 11) is -0.925. The smallest absolute Gasteiger partial charge is 0.417 e. The van der Waals surface area contributed by atoms with Gasteiger partial charge in [0.2, 0.25) is 17.2 Å². The lowest BCUT2D eigenvalue weighted by Crippen LogP contribution is -2.54. The zero-order valence-corrected chi connectivity index (χ0v) is 74.5. The highest BCUT2D eigenvalue weighted by atomic mass is 28.3. The molecule has 0 spiro atoms. The fourth-order valence-electron chi connectivity index (χ4n) is 14.4. The van der Waals surface area contributed by atoms with E-state index in [4.69, 9.17) is 19.3 Å². The average molecular weight is 1830 g/mol. The van der Waals surface area contributed by atoms with Crippen molar-refractivity contribution in [1.29, 1.82) is 0 Å². The molecule has 2 N–H and O–H groups in total. The minimum absolute atomic E-state index is 0.0422. The summed E-state index contributed by atoms with van der Waals surface area (Å²) in [5, 5.41) is 17.4. The van der Waals surface area contributed by atoms with Crippen LogP contribution < -0.4 is 0 Å². The van der Waals surface area contributed by atoms with Gasteiger partial charge in [-0.25, -0.2) is 86.1 Å². The van der Waals surface area contributed by atoms with Crippen LogP contribution in [0, 0.1) is 64.1 Å². The number of likely N-dealkylation sites (tertiary alicyclic amines) is 2. The number of carboxylic acids is 2. The van der Waals surface area contributed by atoms with Crippen molar-refractivity contribution in [2.45, 2.75) is 166 Å². The molecule has 33 heteroatoms. The number of ether oxygens (including phenoxy) is 3. The van der Waals surface area contributed by atoms with Crippen LogP contribution in [-0.4, -0.2) is 190 Å². The van der Waals surface area contributed by atoms with Gasteiger partial charge in [-0.1, -0.05) is 130 Å². The average Bonchev–Trinajstić information content (AvgIpc) is 1.58. The number of aldehydes is 1. The Morgan fingerprint density at radius 1 is 0.481 bits per heavy atom. The van der Waals surface area contributed by atoms with Crippen LogP contribution in [0.3, 0.4) is 0 Å². The maximum Gasteiger partial charge on any atom is 0.417 e. The topological polar surface area (TPSA) is 221 Å². The van der Waals surface area contributed by atoms with Gasteiger partial charge in [-0.05, 0) is 183 Å². The lowest BCUT2D eigenvalue weighted by Gasteiger charge is -2.38. The predicted octanol–water partition coefficient (Wildman–Crippen LogP) is 20.2. The van der Waals surface area contributed by atoms with Crippen molar-refractivity contribution in [2.24, 2.45) is 5.92 Å². The van der Waals surface area contributed by atoms with Crippen LogP contribution >= 0.6 is 0 Å². The largest absolute Gasteiger partial charge is 0.479 e. The first-order chi connectivity index (χ1) is 60.3. The minimum Gasteiger partial charge on any atom is -0.479 e. The third-order valence-electron chi connectivity index (χ3n) is 21.3. The monoisotopic (exact) mass is 1830 g/mol. The summed E-state index contributed by atoms with van der Waals surface area (Å²) in [5.41, 5.74) is -3.73. The SMILES string of the molecule is CC(C)(C)N1C[C@@H](c2ccc(F)cc2F)[C@](F)(C(=O)N2C(=O)OC[C@H]2Cc2ccccc2)C1.CC(C)(C)N1C[C@@H](c2ccc(F)cc2F)[C@](F)(C(=O)O)C1.CCN(C[Si](C)(C)C)C(C)(C)C.O=C(O)/C(F)=C/c1ccc(F)cc1F.O=C1C[C@H](Cc2ccccc2)CO1.O=C1OC[C@@H](Cc2ccccc2)N1C(=O)/C(F)=C/c1ccc(F)cc1F.O=Cc1ccc(F)cc1F. The van der Waals surface area contributed by atoms with Crippen molar-refractivity contribution < 1.29 is 124 Å². The number of imide groups is 2. The zero-order chi connectivity index (χ0) is 96.0. The van der Waals surface area contributed by atoms with Crippen LogP contribution in [0.2, 0.25) is 19.6 Å². The van der Waals surface area contributed by atoms with E-state index in [1.807, 2.05) is 108 Å². The molecule has 5 heterocycles. The van der Waals surface area contributed by atoms with Crippen LogP contribution in [0.5, 0.6) is 0 Å². The van der Waals surface area contributed by atoms with E-state index in [1.54, 1.807) is 21.9 Å². The first-order valence-electron chi connectivity index (χ1n) is 41.1. The molecular formula is C96H105F14N5O13Si. The molecule has 8 aromatic carbocycles. The summed E-state index contributed by atoms with van der Waals surface area (Å²) in [6.07, 6.45) is 3.04. The van der Waals surface area contributed by atoms with E-state index >= 15 is 4.39 Å². The second-order valence-corrected chi connectivity index (χ2v) is 40.8. The number of carbonyl (C=O) groups is 8. The van der Waals surface area contributed by atoms with E-state index in [0.717, 1.165) is 77.0 Å². The third-order valence-corrected chi connectivity index (χ3v) is 22.6. The summed E-state index contributed by atoms with van der Waals surface area (Å²) in [6, 6.07) is 40.5. The van der Waals surface area contributed by atoms with Gasteiger partial charge >= 0.3 is 30.1 Å². The zero-order valence-electron chi connectivity index (χ0n) is 73.5. The van der Waals surface area contributed by atoms with Crippen molar-refractivity contribution in [3.05, 3.63) is 296 Å². The molecule has 13 rings (SSSR count). The van der Waals surface area contributed by atoms with E-state index < -0.39 is 160 Å². The van der Waals surface area contributed by atoms with Crippen molar-refractivity contribution in [1.82, 2.24) is 24.5 Å². The summed E-state index contributed by atoms with van der Waals surface area (Å²) in [4.78, 5) is 100. The van der Waals surface area contributed by atoms with Crippen molar-refractivity contribution in [3.8, 4) is 0 Å². The van der Waals surface area contributed by atoms with Gasteiger partial charge in [-0.2, -0.15) is 4.39 Å². The van der Waals surface area contributed by atoms with Gasteiger partial charge < -0.3 is 29.3 Å². The number of halogens is 14. The number of hydrogen-bond acceptors (Lipinski definition) is 14. The molecular weight excluding hydrogens is 1730 g/mol. The van der Waals surface area contributed by atoms with Crippen LogP contribution in [0.4, 0.5) is 71.1 Å². The molecule has 7 atom stereocenters. The molecule has 18 nitrogen and oxygen atoms in total. The standard InChI is InChI=1S/C25H27F3N2O3.C19H14F3NO3.C15H18F3NO2.C11H12O2.C10H25NSi.C9H5F3O2.C7H4F2O/c1-24(2,3)29-13-20(19-10-9-17(26)12-21(19)27)25(28,15-29)22(31)30-18(14-33-23(30)32)11-16-7-5-4-6-8-16;20-14-7-6-13(16(21)10-14)9-17(22)18(24)23-15(11-26-19(23)25)8-12-4-2-1-3-5-12;1-14(2,3)19-7-11(15(18,8-19)13(20)21)10-5-4-9(16)6-12(10)17;12-11-7-10(8-13-11)6-9-4-2-1-3-5-9;1-8-11(10(2,3)4)9-12(5,6)7;10-6-2-1-5(7(11)4-6)3-8(12)9(13)14;8-6-2-1-5(4-10)7(9)3-6/h4-10,12,18,20H,11,13-15H2,1-3H3;1-7,9-10,15H,8,11H2;4-6,11H,7-8H2,1-3H3,(H,20,21);1-5,10H,6-8H2;8-9H2,1-7H3;1-4H,(H,13,14);1-4H/b;17-9-;;;;8-3-;/t18-,20+,25+;15-;11-,15-;10-;;;/m1100.../s1. The molecule has 0 aliphatic carbocycles. The third kappa shape index (κ3) is 29.9. The number of carboxylic acid groups (broad SMARTS) is 2. The highest BCUT2D eigenvalue weighted by Crippen LogP contribution is 2.46. The number of esters is 1. The maximum atomic E-state index is 16.8. The molecule has 0 unspecified atom stereocenters. The number of benzene rings is 8. The van der Waals surface area contributed by atoms with Gasteiger partial charge in [-0.3, -0.25) is 29.0 Å². The summed E-state index contributed by atoms with van der Waals surface area (Å²) in [5.74, 6) is -19.2. The molecule has 5 aliphatic rings. The van der Waals surface area contributed by atoms with Gasteiger partial charge in [0.1, 0.15) is 71.4 Å². The molecule has 5 saturated heterocycles. The number of alkyl halides is 2. The normalized spacial score (nSPS) is 20.0. The summed E-state index contributed by atoms with van der Waals surface area (Å²) >= 11 is 0.